The maximum absolute atomic E-state index is 5.35. The van der Waals surface area contributed by atoms with Gasteiger partial charge in [0.2, 0.25) is 0 Å². The van der Waals surface area contributed by atoms with E-state index in [0.717, 1.165) is 18.8 Å². The summed E-state index contributed by atoms with van der Waals surface area (Å²) in [6, 6.07) is 17.2. The molecule has 1 atom stereocenters. The van der Waals surface area contributed by atoms with Crippen molar-refractivity contribution in [3.8, 4) is 5.75 Å². The van der Waals surface area contributed by atoms with Crippen molar-refractivity contribution in [3.63, 3.8) is 0 Å². The van der Waals surface area contributed by atoms with E-state index in [-0.39, 0.29) is 0 Å². The number of nitrogens with zero attached hydrogens (tertiary/aromatic N) is 1. The second-order valence-electron chi connectivity index (χ2n) is 5.22. The Morgan fingerprint density at radius 2 is 1.95 bits per heavy atom. The Kier molecular flexibility index (Phi) is 3.26. The fourth-order valence-corrected chi connectivity index (χ4v) is 2.93. The molecule has 0 aromatic heterocycles. The summed E-state index contributed by atoms with van der Waals surface area (Å²) in [7, 11) is 3.91. The molecule has 0 fully saturated rings. The lowest BCUT2D eigenvalue weighted by Crippen LogP contribution is -2.30. The molecule has 2 nitrogen and oxygen atoms in total. The van der Waals surface area contributed by atoms with Gasteiger partial charge in [-0.15, -0.1) is 0 Å². The monoisotopic (exact) mass is 253 g/mol. The highest BCUT2D eigenvalue weighted by atomic mass is 16.5. The van der Waals surface area contributed by atoms with Crippen LogP contribution in [0.15, 0.2) is 48.5 Å². The zero-order valence-corrected chi connectivity index (χ0v) is 11.5. The normalized spacial score (nSPS) is 18.9. The van der Waals surface area contributed by atoms with Gasteiger partial charge in [-0.25, -0.2) is 0 Å². The molecule has 19 heavy (non-hydrogen) atoms. The van der Waals surface area contributed by atoms with Crippen molar-refractivity contribution in [1.29, 1.82) is 0 Å². The molecule has 2 aromatic carbocycles. The lowest BCUT2D eigenvalue weighted by Gasteiger charge is -2.32. The highest BCUT2D eigenvalue weighted by molar-refractivity contribution is 5.42. The minimum Gasteiger partial charge on any atom is -0.497 e. The van der Waals surface area contributed by atoms with Gasteiger partial charge in [-0.1, -0.05) is 36.4 Å². The van der Waals surface area contributed by atoms with Crippen molar-refractivity contribution in [3.05, 3.63) is 65.2 Å². The van der Waals surface area contributed by atoms with Crippen LogP contribution in [-0.2, 0) is 6.54 Å². The molecule has 0 radical (unpaired) electrons. The van der Waals surface area contributed by atoms with E-state index in [0.29, 0.717) is 5.92 Å². The number of benzene rings is 2. The fourth-order valence-electron chi connectivity index (χ4n) is 2.93. The zero-order chi connectivity index (χ0) is 13.2. The molecule has 1 heterocycles. The van der Waals surface area contributed by atoms with E-state index in [1.54, 1.807) is 7.11 Å². The highest BCUT2D eigenvalue weighted by Crippen LogP contribution is 2.33. The van der Waals surface area contributed by atoms with Gasteiger partial charge in [0.25, 0.3) is 0 Å². The van der Waals surface area contributed by atoms with Crippen molar-refractivity contribution < 1.29 is 4.74 Å². The smallest absolute Gasteiger partial charge is 0.119 e. The van der Waals surface area contributed by atoms with E-state index in [1.165, 1.54) is 16.7 Å². The molecule has 1 unspecified atom stereocenters. The van der Waals surface area contributed by atoms with Crippen molar-refractivity contribution >= 4 is 0 Å². The van der Waals surface area contributed by atoms with Crippen molar-refractivity contribution in [2.75, 3.05) is 20.7 Å². The Morgan fingerprint density at radius 3 is 2.79 bits per heavy atom. The summed E-state index contributed by atoms with van der Waals surface area (Å²) >= 11 is 0. The van der Waals surface area contributed by atoms with E-state index in [1.807, 2.05) is 6.07 Å². The van der Waals surface area contributed by atoms with Crippen LogP contribution in [0, 0.1) is 0 Å². The first kappa shape index (κ1) is 12.2. The number of hydrogen-bond acceptors (Lipinski definition) is 2. The second kappa shape index (κ2) is 5.06. The Balaban J connectivity index is 2.04. The topological polar surface area (TPSA) is 12.5 Å². The van der Waals surface area contributed by atoms with Crippen LogP contribution in [0.25, 0.3) is 0 Å². The van der Waals surface area contributed by atoms with E-state index in [9.17, 15) is 0 Å². The van der Waals surface area contributed by atoms with E-state index in [2.05, 4.69) is 54.4 Å². The number of likely N-dealkylation sites (N-methyl/N-ethyl adjacent to an activating group) is 1. The Labute approximate surface area is 114 Å². The molecular formula is C17H19NO. The summed E-state index contributed by atoms with van der Waals surface area (Å²) < 4.78 is 5.35. The maximum atomic E-state index is 5.35. The molecular weight excluding hydrogens is 234 g/mol. The van der Waals surface area contributed by atoms with Crippen molar-refractivity contribution in [1.82, 2.24) is 4.90 Å². The lowest BCUT2D eigenvalue weighted by molar-refractivity contribution is 0.295. The van der Waals surface area contributed by atoms with Crippen LogP contribution in [0.2, 0.25) is 0 Å². The minimum absolute atomic E-state index is 0.435. The molecule has 98 valence electrons. The van der Waals surface area contributed by atoms with Crippen LogP contribution < -0.4 is 4.74 Å². The quantitative estimate of drug-likeness (QED) is 0.814. The zero-order valence-electron chi connectivity index (χ0n) is 11.5. The molecule has 2 aromatic rings. The summed E-state index contributed by atoms with van der Waals surface area (Å²) in [5, 5.41) is 0. The van der Waals surface area contributed by atoms with Gasteiger partial charge in [0.1, 0.15) is 5.75 Å². The highest BCUT2D eigenvalue weighted by Gasteiger charge is 2.24. The molecule has 0 N–H and O–H groups in total. The van der Waals surface area contributed by atoms with Crippen LogP contribution in [0.4, 0.5) is 0 Å². The minimum atomic E-state index is 0.435. The number of fused-ring (bicyclic) bond motifs is 1. The second-order valence-corrected chi connectivity index (χ2v) is 5.22. The SMILES string of the molecule is COc1cccc(C2CN(C)Cc3ccccc32)c1. The predicted molar refractivity (Wildman–Crippen MR) is 77.6 cm³/mol. The van der Waals surface area contributed by atoms with Gasteiger partial charge in [-0.3, -0.25) is 0 Å². The Hall–Kier alpha value is -1.80. The van der Waals surface area contributed by atoms with Gasteiger partial charge in [-0.2, -0.15) is 0 Å². The average molecular weight is 253 g/mol. The molecule has 0 aliphatic carbocycles. The summed E-state index contributed by atoms with van der Waals surface area (Å²) in [6.07, 6.45) is 0. The van der Waals surface area contributed by atoms with Crippen molar-refractivity contribution in [2.45, 2.75) is 12.5 Å². The molecule has 0 bridgehead atoms. The molecule has 0 saturated carbocycles. The van der Waals surface area contributed by atoms with E-state index < -0.39 is 0 Å². The van der Waals surface area contributed by atoms with Gasteiger partial charge >= 0.3 is 0 Å². The first-order chi connectivity index (χ1) is 9.28. The average Bonchev–Trinajstić information content (AvgIpc) is 2.46. The van der Waals surface area contributed by atoms with E-state index >= 15 is 0 Å². The first-order valence-electron chi connectivity index (χ1n) is 6.68. The van der Waals surface area contributed by atoms with Gasteiger partial charge in [0.15, 0.2) is 0 Å². The van der Waals surface area contributed by atoms with Crippen LogP contribution in [0.5, 0.6) is 5.75 Å². The Bertz CT molecular complexity index is 579. The molecule has 0 amide bonds. The van der Waals surface area contributed by atoms with Crippen LogP contribution in [-0.4, -0.2) is 25.6 Å². The van der Waals surface area contributed by atoms with Gasteiger partial charge < -0.3 is 9.64 Å². The number of hydrogen-bond donors (Lipinski definition) is 0. The third-order valence-electron chi connectivity index (χ3n) is 3.86. The third-order valence-corrected chi connectivity index (χ3v) is 3.86. The third kappa shape index (κ3) is 2.36. The molecule has 1 aliphatic heterocycles. The number of methoxy groups -OCH3 is 1. The standard InChI is InChI=1S/C17H19NO/c1-18-11-14-6-3-4-9-16(14)17(12-18)13-7-5-8-15(10-13)19-2/h3-10,17H,11-12H2,1-2H3. The summed E-state index contributed by atoms with van der Waals surface area (Å²) in [5.41, 5.74) is 4.22. The van der Waals surface area contributed by atoms with Gasteiger partial charge in [0, 0.05) is 19.0 Å². The molecule has 3 rings (SSSR count). The molecule has 1 aliphatic rings. The predicted octanol–water partition coefficient (Wildman–Crippen LogP) is 3.27. The van der Waals surface area contributed by atoms with Crippen LogP contribution in [0.1, 0.15) is 22.6 Å². The molecule has 0 saturated heterocycles. The van der Waals surface area contributed by atoms with Crippen molar-refractivity contribution in [2.24, 2.45) is 0 Å². The van der Waals surface area contributed by atoms with Gasteiger partial charge in [-0.05, 0) is 35.9 Å². The molecule has 2 heteroatoms. The summed E-state index contributed by atoms with van der Waals surface area (Å²) in [5.74, 6) is 1.37. The van der Waals surface area contributed by atoms with Crippen LogP contribution in [0.3, 0.4) is 0 Å². The number of rotatable bonds is 2. The maximum Gasteiger partial charge on any atom is 0.119 e. The Morgan fingerprint density at radius 1 is 1.11 bits per heavy atom. The van der Waals surface area contributed by atoms with Gasteiger partial charge in [0.05, 0.1) is 7.11 Å². The largest absolute Gasteiger partial charge is 0.497 e. The summed E-state index contributed by atoms with van der Waals surface area (Å²) in [6.45, 7) is 2.10. The molecule has 0 spiro atoms. The summed E-state index contributed by atoms with van der Waals surface area (Å²) in [4.78, 5) is 2.38. The number of ether oxygens (including phenoxy) is 1. The first-order valence-corrected chi connectivity index (χ1v) is 6.68. The lowest BCUT2D eigenvalue weighted by atomic mass is 9.85. The fraction of sp³-hybridized carbons (Fsp3) is 0.294. The van der Waals surface area contributed by atoms with E-state index in [4.69, 9.17) is 4.74 Å². The van der Waals surface area contributed by atoms with Crippen LogP contribution >= 0.6 is 0 Å².